The molecule has 0 saturated heterocycles. The van der Waals surface area contributed by atoms with Crippen molar-refractivity contribution in [3.05, 3.63) is 103 Å². The van der Waals surface area contributed by atoms with Crippen molar-refractivity contribution in [1.29, 1.82) is 0 Å². The maximum Gasteiger partial charge on any atom is 0.300 e. The number of carboxylic acid groups (broad SMARTS) is 1. The molecule has 0 bridgehead atoms. The summed E-state index contributed by atoms with van der Waals surface area (Å²) in [5.41, 5.74) is 3.82. The Hall–Kier alpha value is -2.91. The number of benzene rings is 2. The predicted octanol–water partition coefficient (Wildman–Crippen LogP) is 5.27. The van der Waals surface area contributed by atoms with Gasteiger partial charge in [0, 0.05) is 26.6 Å². The van der Waals surface area contributed by atoms with Gasteiger partial charge in [0.15, 0.2) is 0 Å². The Morgan fingerprint density at radius 3 is 1.70 bits per heavy atom. The van der Waals surface area contributed by atoms with Gasteiger partial charge in [0.25, 0.3) is 5.97 Å². The van der Waals surface area contributed by atoms with Crippen LogP contribution in [0.15, 0.2) is 92.0 Å². The van der Waals surface area contributed by atoms with Crippen molar-refractivity contribution in [1.82, 2.24) is 4.90 Å². The van der Waals surface area contributed by atoms with Crippen LogP contribution in [0.25, 0.3) is 5.57 Å². The third-order valence-corrected chi connectivity index (χ3v) is 3.74. The van der Waals surface area contributed by atoms with E-state index in [4.69, 9.17) is 9.90 Å². The zero-order valence-corrected chi connectivity index (χ0v) is 16.1. The number of hydrogen-bond donors (Lipinski definition) is 1. The zero-order valence-electron chi connectivity index (χ0n) is 16.1. The first-order valence-corrected chi connectivity index (χ1v) is 9.03. The van der Waals surface area contributed by atoms with Crippen molar-refractivity contribution in [3.8, 4) is 0 Å². The molecule has 2 rings (SSSR count). The van der Waals surface area contributed by atoms with Gasteiger partial charge in [-0.2, -0.15) is 0 Å². The Bertz CT molecular complexity index is 665. The maximum atomic E-state index is 9.00. The van der Waals surface area contributed by atoms with Crippen molar-refractivity contribution >= 4 is 11.5 Å². The highest BCUT2D eigenvalue weighted by Crippen LogP contribution is 2.23. The molecule has 27 heavy (non-hydrogen) atoms. The third-order valence-electron chi connectivity index (χ3n) is 3.74. The number of hydrogen-bond acceptors (Lipinski definition) is 2. The monoisotopic (exact) mass is 363 g/mol. The number of nitrogens with zero attached hydrogens (tertiary/aromatic N) is 1. The number of aliphatic carboxylic acids is 1. The van der Waals surface area contributed by atoms with Crippen molar-refractivity contribution < 1.29 is 9.90 Å². The first-order chi connectivity index (χ1) is 13.1. The lowest BCUT2D eigenvalue weighted by molar-refractivity contribution is -0.134. The quantitative estimate of drug-likeness (QED) is 0.617. The summed E-state index contributed by atoms with van der Waals surface area (Å²) in [7, 11) is 0. The van der Waals surface area contributed by atoms with Gasteiger partial charge >= 0.3 is 0 Å². The van der Waals surface area contributed by atoms with Gasteiger partial charge in [0.05, 0.1) is 0 Å². The van der Waals surface area contributed by atoms with Gasteiger partial charge in [0.2, 0.25) is 0 Å². The molecule has 3 heteroatoms. The molecule has 1 N–H and O–H groups in total. The fourth-order valence-corrected chi connectivity index (χ4v) is 2.65. The van der Waals surface area contributed by atoms with Gasteiger partial charge in [-0.1, -0.05) is 78.9 Å². The summed E-state index contributed by atoms with van der Waals surface area (Å²) < 4.78 is 0. The molecule has 0 unspecified atom stereocenters. The summed E-state index contributed by atoms with van der Waals surface area (Å²) in [6, 6.07) is 21.2. The second-order valence-corrected chi connectivity index (χ2v) is 5.99. The van der Waals surface area contributed by atoms with E-state index in [-0.39, 0.29) is 0 Å². The minimum Gasteiger partial charge on any atom is -0.481 e. The van der Waals surface area contributed by atoms with Crippen LogP contribution >= 0.6 is 0 Å². The largest absolute Gasteiger partial charge is 0.481 e. The fraction of sp³-hybridized carbons (Fsp3) is 0.208. The molecule has 3 nitrogen and oxygen atoms in total. The lowest BCUT2D eigenvalue weighted by Crippen LogP contribution is -2.24. The molecule has 0 saturated carbocycles. The Kier molecular flexibility index (Phi) is 10.9. The molecular weight excluding hydrogens is 334 g/mol. The van der Waals surface area contributed by atoms with E-state index < -0.39 is 5.97 Å². The standard InChI is InChI=1S/C22H25N.C2H4O2/c1-3-17-23(18-4-2)19-11-16-22(20-12-7-5-8-13-20)21-14-9-6-10-15-21;1-2(3)4/h3-10,12-16H,1-2,11,17-19H2;1H3,(H,3,4). The van der Waals surface area contributed by atoms with Crippen LogP contribution in [0.2, 0.25) is 0 Å². The highest BCUT2D eigenvalue weighted by atomic mass is 16.4. The first-order valence-electron chi connectivity index (χ1n) is 9.03. The van der Waals surface area contributed by atoms with Crippen molar-refractivity contribution in [3.63, 3.8) is 0 Å². The Balaban J connectivity index is 0.000000828. The predicted molar refractivity (Wildman–Crippen MR) is 115 cm³/mol. The smallest absolute Gasteiger partial charge is 0.300 e. The summed E-state index contributed by atoms with van der Waals surface area (Å²) in [5.74, 6) is -0.833. The van der Waals surface area contributed by atoms with Gasteiger partial charge in [-0.15, -0.1) is 13.2 Å². The van der Waals surface area contributed by atoms with Gasteiger partial charge < -0.3 is 5.11 Å². The summed E-state index contributed by atoms with van der Waals surface area (Å²) in [6.45, 7) is 11.5. The summed E-state index contributed by atoms with van der Waals surface area (Å²) >= 11 is 0. The van der Waals surface area contributed by atoms with Crippen molar-refractivity contribution in [2.24, 2.45) is 0 Å². The second kappa shape index (κ2) is 13.3. The molecule has 0 atom stereocenters. The van der Waals surface area contributed by atoms with Crippen LogP contribution < -0.4 is 0 Å². The lowest BCUT2D eigenvalue weighted by atomic mass is 9.97. The molecule has 2 aromatic carbocycles. The highest BCUT2D eigenvalue weighted by Gasteiger charge is 2.05. The molecule has 0 amide bonds. The van der Waals surface area contributed by atoms with E-state index in [0.29, 0.717) is 0 Å². The Morgan fingerprint density at radius 2 is 1.33 bits per heavy atom. The molecule has 142 valence electrons. The van der Waals surface area contributed by atoms with E-state index >= 15 is 0 Å². The van der Waals surface area contributed by atoms with Gasteiger partial charge in [-0.3, -0.25) is 9.69 Å². The van der Waals surface area contributed by atoms with Crippen molar-refractivity contribution in [2.75, 3.05) is 19.6 Å². The highest BCUT2D eigenvalue weighted by molar-refractivity contribution is 5.79. The van der Waals surface area contributed by atoms with Gasteiger partial charge in [0.1, 0.15) is 0 Å². The second-order valence-electron chi connectivity index (χ2n) is 5.99. The molecule has 0 aliphatic carbocycles. The average Bonchev–Trinajstić information content (AvgIpc) is 2.66. The van der Waals surface area contributed by atoms with Gasteiger partial charge in [-0.25, -0.2) is 0 Å². The summed E-state index contributed by atoms with van der Waals surface area (Å²) in [4.78, 5) is 11.3. The molecule has 0 fully saturated rings. The van der Waals surface area contributed by atoms with Crippen LogP contribution in [-0.4, -0.2) is 35.6 Å². The van der Waals surface area contributed by atoms with E-state index in [1.807, 2.05) is 12.2 Å². The molecule has 0 radical (unpaired) electrons. The van der Waals surface area contributed by atoms with Crippen LogP contribution in [-0.2, 0) is 4.79 Å². The van der Waals surface area contributed by atoms with E-state index in [0.717, 1.165) is 33.0 Å². The summed E-state index contributed by atoms with van der Waals surface area (Å²) in [6.07, 6.45) is 7.23. The molecule has 0 aliphatic heterocycles. The number of carbonyl (C=O) groups is 1. The molecule has 0 heterocycles. The van der Waals surface area contributed by atoms with E-state index in [1.165, 1.54) is 16.7 Å². The normalized spacial score (nSPS) is 9.70. The SMILES string of the molecule is C=CCN(CC=C)CCC=C(c1ccccc1)c1ccccc1.CC(=O)O. The van der Waals surface area contributed by atoms with Crippen LogP contribution in [0.1, 0.15) is 24.5 Å². The molecule has 0 aromatic heterocycles. The molecule has 0 spiro atoms. The zero-order chi connectivity index (χ0) is 19.9. The maximum absolute atomic E-state index is 9.00. The molecule has 2 aromatic rings. The van der Waals surface area contributed by atoms with E-state index in [1.54, 1.807) is 0 Å². The Labute approximate surface area is 163 Å². The third kappa shape index (κ3) is 9.38. The van der Waals surface area contributed by atoms with Gasteiger partial charge in [-0.05, 0) is 23.1 Å². The van der Waals surface area contributed by atoms with Crippen LogP contribution in [0, 0.1) is 0 Å². The van der Waals surface area contributed by atoms with Crippen LogP contribution in [0.3, 0.4) is 0 Å². The molecule has 0 aliphatic rings. The van der Waals surface area contributed by atoms with Crippen molar-refractivity contribution in [2.45, 2.75) is 13.3 Å². The van der Waals surface area contributed by atoms with Crippen LogP contribution in [0.5, 0.6) is 0 Å². The minimum atomic E-state index is -0.833. The average molecular weight is 364 g/mol. The molecular formula is C24H29NO2. The van der Waals surface area contributed by atoms with Crippen LogP contribution in [0.4, 0.5) is 0 Å². The lowest BCUT2D eigenvalue weighted by Gasteiger charge is -2.18. The number of rotatable bonds is 9. The van der Waals surface area contributed by atoms with E-state index in [9.17, 15) is 0 Å². The topological polar surface area (TPSA) is 40.5 Å². The first kappa shape index (κ1) is 22.1. The fourth-order valence-electron chi connectivity index (χ4n) is 2.65. The van der Waals surface area contributed by atoms with E-state index in [2.05, 4.69) is 84.8 Å². The summed E-state index contributed by atoms with van der Waals surface area (Å²) in [5, 5.41) is 7.42. The number of carboxylic acids is 1. The Morgan fingerprint density at radius 1 is 0.926 bits per heavy atom. The minimum absolute atomic E-state index is 0.833.